The zero-order chi connectivity index (χ0) is 15.9. The Labute approximate surface area is 139 Å². The molecule has 1 heterocycles. The third-order valence-corrected chi connectivity index (χ3v) is 3.96. The maximum absolute atomic E-state index is 11.6. The SMILES string of the molecule is CC(C)NC(=O)OCc1cccnc1Sc1ccc(Cl)cc1. The van der Waals surface area contributed by atoms with Crippen LogP contribution in [-0.4, -0.2) is 17.1 Å². The summed E-state index contributed by atoms with van der Waals surface area (Å²) in [6, 6.07) is 11.3. The Morgan fingerprint density at radius 3 is 2.73 bits per heavy atom. The van der Waals surface area contributed by atoms with Crippen LogP contribution in [0.2, 0.25) is 5.02 Å². The fraction of sp³-hybridized carbons (Fsp3) is 0.250. The number of benzene rings is 1. The van der Waals surface area contributed by atoms with Gasteiger partial charge in [0.15, 0.2) is 0 Å². The Kier molecular flexibility index (Phi) is 6.10. The number of amides is 1. The zero-order valence-electron chi connectivity index (χ0n) is 12.4. The molecular formula is C16H17ClN2O2S. The zero-order valence-corrected chi connectivity index (χ0v) is 13.9. The highest BCUT2D eigenvalue weighted by Gasteiger charge is 2.09. The standard InChI is InChI=1S/C16H17ClN2O2S/c1-11(2)19-16(20)21-10-12-4-3-9-18-15(12)22-14-7-5-13(17)6-8-14/h3-9,11H,10H2,1-2H3,(H,19,20). The first kappa shape index (κ1) is 16.6. The van der Waals surface area contributed by atoms with E-state index < -0.39 is 6.09 Å². The molecule has 0 aliphatic heterocycles. The van der Waals surface area contributed by atoms with Crippen molar-refractivity contribution in [1.29, 1.82) is 0 Å². The molecular weight excluding hydrogens is 320 g/mol. The van der Waals surface area contributed by atoms with Crippen molar-refractivity contribution in [2.75, 3.05) is 0 Å². The number of hydrogen-bond donors (Lipinski definition) is 1. The van der Waals surface area contributed by atoms with E-state index in [1.54, 1.807) is 6.20 Å². The van der Waals surface area contributed by atoms with Crippen LogP contribution in [0.15, 0.2) is 52.5 Å². The summed E-state index contributed by atoms with van der Waals surface area (Å²) < 4.78 is 5.21. The van der Waals surface area contributed by atoms with Crippen molar-refractivity contribution in [1.82, 2.24) is 10.3 Å². The molecule has 1 amide bonds. The number of aromatic nitrogens is 1. The summed E-state index contributed by atoms with van der Waals surface area (Å²) in [6.45, 7) is 3.95. The van der Waals surface area contributed by atoms with Gasteiger partial charge >= 0.3 is 6.09 Å². The van der Waals surface area contributed by atoms with E-state index >= 15 is 0 Å². The Bertz CT molecular complexity index is 632. The molecule has 0 bridgehead atoms. The van der Waals surface area contributed by atoms with Gasteiger partial charge in [-0.25, -0.2) is 9.78 Å². The van der Waals surface area contributed by atoms with Gasteiger partial charge in [0.1, 0.15) is 11.6 Å². The molecule has 0 fully saturated rings. The highest BCUT2D eigenvalue weighted by molar-refractivity contribution is 7.99. The summed E-state index contributed by atoms with van der Waals surface area (Å²) in [7, 11) is 0. The number of nitrogens with one attached hydrogen (secondary N) is 1. The molecule has 0 aliphatic carbocycles. The maximum Gasteiger partial charge on any atom is 0.407 e. The van der Waals surface area contributed by atoms with Gasteiger partial charge in [0.05, 0.1) is 0 Å². The van der Waals surface area contributed by atoms with Crippen molar-refractivity contribution < 1.29 is 9.53 Å². The van der Waals surface area contributed by atoms with Gasteiger partial charge in [0, 0.05) is 27.7 Å². The summed E-state index contributed by atoms with van der Waals surface area (Å²) in [5.74, 6) is 0. The lowest BCUT2D eigenvalue weighted by Crippen LogP contribution is -2.30. The number of pyridine rings is 1. The molecule has 6 heteroatoms. The van der Waals surface area contributed by atoms with E-state index in [0.717, 1.165) is 15.5 Å². The van der Waals surface area contributed by atoms with Gasteiger partial charge in [-0.05, 0) is 44.2 Å². The van der Waals surface area contributed by atoms with Crippen LogP contribution in [0, 0.1) is 0 Å². The van der Waals surface area contributed by atoms with E-state index in [-0.39, 0.29) is 12.6 Å². The molecule has 1 N–H and O–H groups in total. The number of carbonyl (C=O) groups excluding carboxylic acids is 1. The summed E-state index contributed by atoms with van der Waals surface area (Å²) >= 11 is 7.39. The number of rotatable bonds is 5. The topological polar surface area (TPSA) is 51.2 Å². The number of ether oxygens (including phenoxy) is 1. The van der Waals surface area contributed by atoms with Crippen LogP contribution in [-0.2, 0) is 11.3 Å². The third-order valence-electron chi connectivity index (χ3n) is 2.64. The molecule has 2 rings (SSSR count). The van der Waals surface area contributed by atoms with Gasteiger partial charge in [-0.15, -0.1) is 0 Å². The number of halogens is 1. The number of nitrogens with zero attached hydrogens (tertiary/aromatic N) is 1. The molecule has 0 saturated heterocycles. The van der Waals surface area contributed by atoms with E-state index in [2.05, 4.69) is 10.3 Å². The van der Waals surface area contributed by atoms with Gasteiger partial charge in [0.2, 0.25) is 0 Å². The van der Waals surface area contributed by atoms with Crippen LogP contribution < -0.4 is 5.32 Å². The minimum Gasteiger partial charge on any atom is -0.445 e. The second-order valence-electron chi connectivity index (χ2n) is 4.90. The summed E-state index contributed by atoms with van der Waals surface area (Å²) in [4.78, 5) is 16.9. The maximum atomic E-state index is 11.6. The Morgan fingerprint density at radius 1 is 1.32 bits per heavy atom. The van der Waals surface area contributed by atoms with Crippen molar-refractivity contribution in [3.63, 3.8) is 0 Å². The van der Waals surface area contributed by atoms with Gasteiger partial charge in [-0.2, -0.15) is 0 Å². The van der Waals surface area contributed by atoms with Gasteiger partial charge < -0.3 is 10.1 Å². The van der Waals surface area contributed by atoms with E-state index in [1.165, 1.54) is 11.8 Å². The number of carbonyl (C=O) groups is 1. The van der Waals surface area contributed by atoms with E-state index in [4.69, 9.17) is 16.3 Å². The molecule has 0 spiro atoms. The average molecular weight is 337 g/mol. The fourth-order valence-electron chi connectivity index (χ4n) is 1.66. The molecule has 2 aromatic rings. The van der Waals surface area contributed by atoms with Gasteiger partial charge in [-0.3, -0.25) is 0 Å². The predicted molar refractivity (Wildman–Crippen MR) is 88.3 cm³/mol. The van der Waals surface area contributed by atoms with Crippen LogP contribution >= 0.6 is 23.4 Å². The molecule has 4 nitrogen and oxygen atoms in total. The first-order chi connectivity index (χ1) is 10.5. The largest absolute Gasteiger partial charge is 0.445 e. The lowest BCUT2D eigenvalue weighted by molar-refractivity contribution is 0.136. The summed E-state index contributed by atoms with van der Waals surface area (Å²) in [6.07, 6.45) is 1.29. The molecule has 0 atom stereocenters. The molecule has 0 aliphatic rings. The quantitative estimate of drug-likeness (QED) is 0.872. The molecule has 1 aromatic carbocycles. The van der Waals surface area contributed by atoms with Crippen LogP contribution in [0.1, 0.15) is 19.4 Å². The highest BCUT2D eigenvalue weighted by atomic mass is 35.5. The first-order valence-corrected chi connectivity index (χ1v) is 8.04. The second kappa shape index (κ2) is 8.06. The van der Waals surface area contributed by atoms with Crippen LogP contribution in [0.25, 0.3) is 0 Å². The van der Waals surface area contributed by atoms with E-state index in [0.29, 0.717) is 5.02 Å². The average Bonchev–Trinajstić information content (AvgIpc) is 2.48. The fourth-order valence-corrected chi connectivity index (χ4v) is 2.65. The lowest BCUT2D eigenvalue weighted by Gasteiger charge is -2.11. The minimum atomic E-state index is -0.429. The monoisotopic (exact) mass is 336 g/mol. The number of hydrogen-bond acceptors (Lipinski definition) is 4. The lowest BCUT2D eigenvalue weighted by atomic mass is 10.3. The van der Waals surface area contributed by atoms with Crippen LogP contribution in [0.5, 0.6) is 0 Å². The first-order valence-electron chi connectivity index (χ1n) is 6.85. The van der Waals surface area contributed by atoms with Crippen molar-refractivity contribution in [2.24, 2.45) is 0 Å². The molecule has 0 unspecified atom stereocenters. The van der Waals surface area contributed by atoms with Crippen molar-refractivity contribution >= 4 is 29.5 Å². The molecule has 1 aromatic heterocycles. The van der Waals surface area contributed by atoms with Crippen LogP contribution in [0.4, 0.5) is 4.79 Å². The molecule has 0 radical (unpaired) electrons. The third kappa shape index (κ3) is 5.24. The van der Waals surface area contributed by atoms with Gasteiger partial charge in [-0.1, -0.05) is 29.4 Å². The molecule has 0 saturated carbocycles. The normalized spacial score (nSPS) is 10.5. The van der Waals surface area contributed by atoms with Crippen molar-refractivity contribution in [2.45, 2.75) is 36.4 Å². The molecule has 116 valence electrons. The number of alkyl carbamates (subject to hydrolysis) is 1. The van der Waals surface area contributed by atoms with Crippen molar-refractivity contribution in [3.05, 3.63) is 53.2 Å². The van der Waals surface area contributed by atoms with Crippen LogP contribution in [0.3, 0.4) is 0 Å². The Hall–Kier alpha value is -1.72. The summed E-state index contributed by atoms with van der Waals surface area (Å²) in [5.41, 5.74) is 0.862. The predicted octanol–water partition coefficient (Wildman–Crippen LogP) is 4.52. The Morgan fingerprint density at radius 2 is 2.05 bits per heavy atom. The van der Waals surface area contributed by atoms with E-state index in [9.17, 15) is 4.79 Å². The smallest absolute Gasteiger partial charge is 0.407 e. The highest BCUT2D eigenvalue weighted by Crippen LogP contribution is 2.29. The second-order valence-corrected chi connectivity index (χ2v) is 6.40. The van der Waals surface area contributed by atoms with Crippen molar-refractivity contribution in [3.8, 4) is 0 Å². The Balaban J connectivity index is 2.03. The van der Waals surface area contributed by atoms with Gasteiger partial charge in [0.25, 0.3) is 0 Å². The summed E-state index contributed by atoms with van der Waals surface area (Å²) in [5, 5.41) is 4.19. The van der Waals surface area contributed by atoms with E-state index in [1.807, 2.05) is 50.2 Å². The minimum absolute atomic E-state index is 0.0457. The molecule has 22 heavy (non-hydrogen) atoms.